The highest BCUT2D eigenvalue weighted by molar-refractivity contribution is 9.10. The number of esters is 1. The Morgan fingerprint density at radius 2 is 1.83 bits per heavy atom. The van der Waals surface area contributed by atoms with E-state index in [2.05, 4.69) is 21.2 Å². The lowest BCUT2D eigenvalue weighted by Gasteiger charge is -2.20. The van der Waals surface area contributed by atoms with Crippen molar-refractivity contribution >= 4 is 37.8 Å². The second kappa shape index (κ2) is 7.62. The molecule has 0 unspecified atom stereocenters. The van der Waals surface area contributed by atoms with Gasteiger partial charge in [-0.05, 0) is 54.9 Å². The molecule has 0 aliphatic rings. The Balaban J connectivity index is 2.92. The van der Waals surface area contributed by atoms with E-state index < -0.39 is 34.0 Å². The first-order valence-electron chi connectivity index (χ1n) is 7.05. The van der Waals surface area contributed by atoms with Crippen LogP contribution in [0.4, 0.5) is 0 Å². The van der Waals surface area contributed by atoms with E-state index in [1.807, 2.05) is 0 Å². The van der Waals surface area contributed by atoms with Crippen molar-refractivity contribution in [2.75, 3.05) is 20.7 Å². The molecule has 0 saturated heterocycles. The highest BCUT2D eigenvalue weighted by Crippen LogP contribution is 2.25. The predicted molar refractivity (Wildman–Crippen MR) is 93.2 cm³/mol. The van der Waals surface area contributed by atoms with Crippen molar-refractivity contribution in [3.8, 4) is 0 Å². The molecule has 1 aromatic carbocycles. The Kier molecular flexibility index (Phi) is 6.54. The second-order valence-electron chi connectivity index (χ2n) is 6.31. The molecule has 24 heavy (non-hydrogen) atoms. The maximum absolute atomic E-state index is 12.2. The predicted octanol–water partition coefficient (Wildman–Crippen LogP) is 1.77. The van der Waals surface area contributed by atoms with E-state index in [0.717, 1.165) is 4.31 Å². The van der Waals surface area contributed by atoms with Gasteiger partial charge in [-0.1, -0.05) is 0 Å². The highest BCUT2D eigenvalue weighted by Gasteiger charge is 2.23. The first kappa shape index (κ1) is 20.6. The van der Waals surface area contributed by atoms with E-state index >= 15 is 0 Å². The Hall–Kier alpha value is -1.45. The van der Waals surface area contributed by atoms with Crippen LogP contribution in [0.2, 0.25) is 0 Å². The van der Waals surface area contributed by atoms with Gasteiger partial charge in [-0.25, -0.2) is 17.5 Å². The molecule has 0 heterocycles. The summed E-state index contributed by atoms with van der Waals surface area (Å²) in [6.45, 7) is 4.97. The van der Waals surface area contributed by atoms with Crippen LogP contribution in [0.5, 0.6) is 0 Å². The van der Waals surface area contributed by atoms with Gasteiger partial charge in [0, 0.05) is 24.1 Å². The fourth-order valence-electron chi connectivity index (χ4n) is 1.69. The van der Waals surface area contributed by atoms with Crippen LogP contribution in [0, 0.1) is 0 Å². The molecule has 1 aromatic rings. The monoisotopic (exact) mass is 420 g/mol. The Morgan fingerprint density at radius 1 is 1.25 bits per heavy atom. The summed E-state index contributed by atoms with van der Waals surface area (Å²) >= 11 is 3.16. The van der Waals surface area contributed by atoms with E-state index in [1.165, 1.54) is 32.3 Å². The fraction of sp³-hybridized carbons (Fsp3) is 0.467. The van der Waals surface area contributed by atoms with Gasteiger partial charge in [0.25, 0.3) is 5.91 Å². The molecule has 9 heteroatoms. The van der Waals surface area contributed by atoms with Crippen LogP contribution in [-0.4, -0.2) is 50.8 Å². The maximum atomic E-state index is 12.2. The number of hydrogen-bond acceptors (Lipinski definition) is 5. The zero-order chi connectivity index (χ0) is 18.7. The van der Waals surface area contributed by atoms with Crippen molar-refractivity contribution in [2.45, 2.75) is 31.2 Å². The molecule has 0 aliphatic carbocycles. The molecule has 0 aromatic heterocycles. The summed E-state index contributed by atoms with van der Waals surface area (Å²) < 4.78 is 30.8. The minimum Gasteiger partial charge on any atom is -0.452 e. The molecule has 0 aliphatic heterocycles. The van der Waals surface area contributed by atoms with Gasteiger partial charge in [-0.3, -0.25) is 4.79 Å². The third kappa shape index (κ3) is 5.57. The summed E-state index contributed by atoms with van der Waals surface area (Å²) in [5.74, 6) is -1.21. The number of carbonyl (C=O) groups is 2. The summed E-state index contributed by atoms with van der Waals surface area (Å²) in [7, 11) is -0.935. The van der Waals surface area contributed by atoms with Crippen LogP contribution in [0.1, 0.15) is 31.1 Å². The van der Waals surface area contributed by atoms with Gasteiger partial charge in [0.1, 0.15) is 0 Å². The van der Waals surface area contributed by atoms with Crippen molar-refractivity contribution < 1.29 is 22.7 Å². The smallest absolute Gasteiger partial charge is 0.338 e. The third-order valence-electron chi connectivity index (χ3n) is 2.77. The number of ether oxygens (including phenoxy) is 1. The first-order chi connectivity index (χ1) is 10.8. The molecule has 1 amide bonds. The van der Waals surface area contributed by atoms with E-state index in [4.69, 9.17) is 4.74 Å². The van der Waals surface area contributed by atoms with E-state index in [-0.39, 0.29) is 10.5 Å². The number of halogens is 1. The lowest BCUT2D eigenvalue weighted by molar-refractivity contribution is -0.125. The molecule has 0 bridgehead atoms. The Bertz CT molecular complexity index is 739. The van der Waals surface area contributed by atoms with Crippen LogP contribution in [0.15, 0.2) is 27.6 Å². The normalized spacial score (nSPS) is 12.1. The van der Waals surface area contributed by atoms with Gasteiger partial charge in [0.15, 0.2) is 6.61 Å². The zero-order valence-electron chi connectivity index (χ0n) is 14.2. The van der Waals surface area contributed by atoms with Gasteiger partial charge >= 0.3 is 5.97 Å². The average molecular weight is 421 g/mol. The number of amides is 1. The number of sulfonamides is 1. The van der Waals surface area contributed by atoms with E-state index in [9.17, 15) is 18.0 Å². The van der Waals surface area contributed by atoms with E-state index in [0.29, 0.717) is 4.47 Å². The number of hydrogen-bond donors (Lipinski definition) is 1. The summed E-state index contributed by atoms with van der Waals surface area (Å²) in [5, 5.41) is 2.66. The summed E-state index contributed by atoms with van der Waals surface area (Å²) in [4.78, 5) is 23.7. The topological polar surface area (TPSA) is 92.8 Å². The highest BCUT2D eigenvalue weighted by atomic mass is 79.9. The molecular weight excluding hydrogens is 400 g/mol. The number of rotatable bonds is 5. The van der Waals surface area contributed by atoms with Crippen molar-refractivity contribution in [2.24, 2.45) is 0 Å². The van der Waals surface area contributed by atoms with Crippen molar-refractivity contribution in [3.05, 3.63) is 28.2 Å². The second-order valence-corrected chi connectivity index (χ2v) is 9.28. The van der Waals surface area contributed by atoms with Crippen molar-refractivity contribution in [1.82, 2.24) is 9.62 Å². The minimum atomic E-state index is -3.72. The van der Waals surface area contributed by atoms with Gasteiger partial charge in [-0.2, -0.15) is 0 Å². The number of nitrogens with zero attached hydrogens (tertiary/aromatic N) is 1. The third-order valence-corrected chi connectivity index (χ3v) is 5.58. The van der Waals surface area contributed by atoms with Gasteiger partial charge < -0.3 is 10.1 Å². The number of carbonyl (C=O) groups excluding carboxylic acids is 2. The lowest BCUT2D eigenvalue weighted by Crippen LogP contribution is -2.42. The standard InChI is InChI=1S/C15H21BrN2O5S/c1-15(2,3)17-13(19)9-23-14(20)10-6-7-11(16)12(8-10)24(21,22)18(4)5/h6-8H,9H2,1-5H3,(H,17,19). The molecule has 0 spiro atoms. The molecule has 1 N–H and O–H groups in total. The van der Waals surface area contributed by atoms with Crippen molar-refractivity contribution in [3.63, 3.8) is 0 Å². The Morgan fingerprint density at radius 3 is 2.33 bits per heavy atom. The summed E-state index contributed by atoms with van der Waals surface area (Å²) in [6.07, 6.45) is 0. The van der Waals surface area contributed by atoms with Crippen LogP contribution in [-0.2, 0) is 19.6 Å². The van der Waals surface area contributed by atoms with Crippen LogP contribution >= 0.6 is 15.9 Å². The molecule has 0 saturated carbocycles. The zero-order valence-corrected chi connectivity index (χ0v) is 16.6. The first-order valence-corrected chi connectivity index (χ1v) is 9.28. The van der Waals surface area contributed by atoms with E-state index in [1.54, 1.807) is 20.8 Å². The van der Waals surface area contributed by atoms with Gasteiger partial charge in [-0.15, -0.1) is 0 Å². The van der Waals surface area contributed by atoms with Crippen LogP contribution in [0.25, 0.3) is 0 Å². The number of benzene rings is 1. The molecule has 1 rings (SSSR count). The van der Waals surface area contributed by atoms with Gasteiger partial charge in [0.05, 0.1) is 10.5 Å². The fourth-order valence-corrected chi connectivity index (χ4v) is 3.54. The van der Waals surface area contributed by atoms with Crippen molar-refractivity contribution in [1.29, 1.82) is 0 Å². The van der Waals surface area contributed by atoms with Gasteiger partial charge in [0.2, 0.25) is 10.0 Å². The van der Waals surface area contributed by atoms with Crippen LogP contribution < -0.4 is 5.32 Å². The molecule has 0 radical (unpaired) electrons. The molecule has 0 fully saturated rings. The maximum Gasteiger partial charge on any atom is 0.338 e. The average Bonchev–Trinajstić information content (AvgIpc) is 2.43. The summed E-state index contributed by atoms with van der Waals surface area (Å²) in [6, 6.07) is 4.08. The molecule has 7 nitrogen and oxygen atoms in total. The minimum absolute atomic E-state index is 0.0437. The molecule has 134 valence electrons. The number of nitrogens with one attached hydrogen (secondary N) is 1. The SMILES string of the molecule is CN(C)S(=O)(=O)c1cc(C(=O)OCC(=O)NC(C)(C)C)ccc1Br. The molecule has 0 atom stereocenters. The quantitative estimate of drug-likeness (QED) is 0.732. The largest absolute Gasteiger partial charge is 0.452 e. The van der Waals surface area contributed by atoms with Crippen LogP contribution in [0.3, 0.4) is 0 Å². The molecular formula is C15H21BrN2O5S. The summed E-state index contributed by atoms with van der Waals surface area (Å²) in [5.41, 5.74) is -0.393. The lowest BCUT2D eigenvalue weighted by atomic mass is 10.1. The Labute approximate surface area is 150 Å².